The molecule has 1 aromatic carbocycles. The SMILES string of the molecule is NCCN1CC(N)CC(Cc2cccc(F)c2)C1. The average Bonchev–Trinajstić information content (AvgIpc) is 2.28. The van der Waals surface area contributed by atoms with Crippen molar-refractivity contribution in [3.05, 3.63) is 35.6 Å². The lowest BCUT2D eigenvalue weighted by atomic mass is 9.89. The van der Waals surface area contributed by atoms with Crippen molar-refractivity contribution in [2.24, 2.45) is 17.4 Å². The van der Waals surface area contributed by atoms with Crippen LogP contribution in [0.1, 0.15) is 12.0 Å². The molecule has 2 unspecified atom stereocenters. The Balaban J connectivity index is 1.95. The third kappa shape index (κ3) is 3.77. The average molecular weight is 251 g/mol. The van der Waals surface area contributed by atoms with E-state index in [-0.39, 0.29) is 11.9 Å². The number of likely N-dealkylation sites (tertiary alicyclic amines) is 1. The molecule has 1 fully saturated rings. The summed E-state index contributed by atoms with van der Waals surface area (Å²) in [6.07, 6.45) is 1.91. The Morgan fingerprint density at radius 3 is 2.89 bits per heavy atom. The van der Waals surface area contributed by atoms with Crippen LogP contribution >= 0.6 is 0 Å². The number of nitrogens with zero attached hydrogens (tertiary/aromatic N) is 1. The maximum absolute atomic E-state index is 13.1. The summed E-state index contributed by atoms with van der Waals surface area (Å²) in [4.78, 5) is 2.32. The summed E-state index contributed by atoms with van der Waals surface area (Å²) in [5.74, 6) is 0.341. The number of hydrogen-bond donors (Lipinski definition) is 2. The highest BCUT2D eigenvalue weighted by atomic mass is 19.1. The maximum atomic E-state index is 13.1. The Morgan fingerprint density at radius 1 is 1.33 bits per heavy atom. The Kier molecular flexibility index (Phi) is 4.69. The van der Waals surface area contributed by atoms with Crippen LogP contribution < -0.4 is 11.5 Å². The van der Waals surface area contributed by atoms with Gasteiger partial charge in [0.15, 0.2) is 0 Å². The second kappa shape index (κ2) is 6.27. The first-order valence-electron chi connectivity index (χ1n) is 6.60. The molecule has 0 aliphatic carbocycles. The summed E-state index contributed by atoms with van der Waals surface area (Å²) in [7, 11) is 0. The molecule has 0 aromatic heterocycles. The third-order valence-electron chi connectivity index (χ3n) is 3.50. The summed E-state index contributed by atoms with van der Waals surface area (Å²) in [6.45, 7) is 3.50. The smallest absolute Gasteiger partial charge is 0.123 e. The fraction of sp³-hybridized carbons (Fsp3) is 0.571. The van der Waals surface area contributed by atoms with Gasteiger partial charge in [0, 0.05) is 32.2 Å². The van der Waals surface area contributed by atoms with Crippen LogP contribution in [0.4, 0.5) is 4.39 Å². The van der Waals surface area contributed by atoms with Gasteiger partial charge in [-0.2, -0.15) is 0 Å². The normalized spacial score (nSPS) is 25.3. The molecule has 0 saturated carbocycles. The summed E-state index contributed by atoms with van der Waals surface area (Å²) < 4.78 is 13.1. The Hall–Kier alpha value is -0.970. The molecule has 100 valence electrons. The molecule has 0 spiro atoms. The quantitative estimate of drug-likeness (QED) is 0.838. The van der Waals surface area contributed by atoms with Crippen LogP contribution in [-0.4, -0.2) is 37.1 Å². The second-order valence-electron chi connectivity index (χ2n) is 5.24. The van der Waals surface area contributed by atoms with Crippen molar-refractivity contribution in [3.8, 4) is 0 Å². The zero-order valence-electron chi connectivity index (χ0n) is 10.7. The van der Waals surface area contributed by atoms with E-state index in [1.54, 1.807) is 12.1 Å². The van der Waals surface area contributed by atoms with Crippen LogP contribution in [0.5, 0.6) is 0 Å². The molecule has 2 atom stereocenters. The van der Waals surface area contributed by atoms with Gasteiger partial charge in [-0.25, -0.2) is 4.39 Å². The first kappa shape index (κ1) is 13.5. The summed E-state index contributed by atoms with van der Waals surface area (Å²) >= 11 is 0. The van der Waals surface area contributed by atoms with Crippen LogP contribution in [-0.2, 0) is 6.42 Å². The molecule has 18 heavy (non-hydrogen) atoms. The standard InChI is InChI=1S/C14H22FN3/c15-13-3-1-2-11(7-13)6-12-8-14(17)10-18(9-12)5-4-16/h1-3,7,12,14H,4-6,8-10,16-17H2. The largest absolute Gasteiger partial charge is 0.329 e. The topological polar surface area (TPSA) is 55.3 Å². The molecule has 4 N–H and O–H groups in total. The van der Waals surface area contributed by atoms with E-state index in [0.29, 0.717) is 12.5 Å². The van der Waals surface area contributed by atoms with Gasteiger partial charge in [-0.05, 0) is 36.5 Å². The lowest BCUT2D eigenvalue weighted by Gasteiger charge is -2.36. The van der Waals surface area contributed by atoms with E-state index in [1.807, 2.05) is 6.07 Å². The molecule has 4 heteroatoms. The zero-order valence-corrected chi connectivity index (χ0v) is 10.7. The molecule has 1 heterocycles. The maximum Gasteiger partial charge on any atom is 0.123 e. The number of hydrogen-bond acceptors (Lipinski definition) is 3. The van der Waals surface area contributed by atoms with E-state index in [1.165, 1.54) is 6.07 Å². The monoisotopic (exact) mass is 251 g/mol. The molecule has 0 amide bonds. The lowest BCUT2D eigenvalue weighted by molar-refractivity contribution is 0.160. The number of nitrogens with two attached hydrogens (primary N) is 2. The van der Waals surface area contributed by atoms with Gasteiger partial charge >= 0.3 is 0 Å². The van der Waals surface area contributed by atoms with Crippen LogP contribution in [0.15, 0.2) is 24.3 Å². The Labute approximate surface area is 108 Å². The molecular weight excluding hydrogens is 229 g/mol. The van der Waals surface area contributed by atoms with Crippen LogP contribution in [0.2, 0.25) is 0 Å². The van der Waals surface area contributed by atoms with Gasteiger partial charge in [-0.15, -0.1) is 0 Å². The molecule has 2 rings (SSSR count). The second-order valence-corrected chi connectivity index (χ2v) is 5.24. The summed E-state index contributed by atoms with van der Waals surface area (Å²) in [6, 6.07) is 7.06. The van der Waals surface area contributed by atoms with Crippen LogP contribution in [0.25, 0.3) is 0 Å². The fourth-order valence-corrected chi connectivity index (χ4v) is 2.86. The van der Waals surface area contributed by atoms with Gasteiger partial charge in [0.2, 0.25) is 0 Å². The lowest BCUT2D eigenvalue weighted by Crippen LogP contribution is -2.48. The molecule has 1 aliphatic heterocycles. The number of rotatable bonds is 4. The minimum absolute atomic E-state index is 0.161. The van der Waals surface area contributed by atoms with Gasteiger partial charge in [0.25, 0.3) is 0 Å². The number of benzene rings is 1. The third-order valence-corrected chi connectivity index (χ3v) is 3.50. The van der Waals surface area contributed by atoms with Crippen molar-refractivity contribution in [3.63, 3.8) is 0 Å². The van der Waals surface area contributed by atoms with E-state index in [2.05, 4.69) is 4.90 Å². The van der Waals surface area contributed by atoms with E-state index in [0.717, 1.165) is 38.0 Å². The minimum Gasteiger partial charge on any atom is -0.329 e. The molecular formula is C14H22FN3. The molecule has 0 radical (unpaired) electrons. The molecule has 1 saturated heterocycles. The number of halogens is 1. The minimum atomic E-state index is -0.161. The molecule has 1 aliphatic rings. The predicted molar refractivity (Wildman–Crippen MR) is 71.7 cm³/mol. The van der Waals surface area contributed by atoms with Crippen molar-refractivity contribution in [1.82, 2.24) is 4.90 Å². The molecule has 3 nitrogen and oxygen atoms in total. The first-order valence-corrected chi connectivity index (χ1v) is 6.60. The number of piperidine rings is 1. The summed E-state index contributed by atoms with van der Waals surface area (Å²) in [5.41, 5.74) is 12.7. The van der Waals surface area contributed by atoms with E-state index in [9.17, 15) is 4.39 Å². The van der Waals surface area contributed by atoms with Gasteiger partial charge in [0.05, 0.1) is 0 Å². The Bertz CT molecular complexity index is 383. The van der Waals surface area contributed by atoms with Gasteiger partial charge in [0.1, 0.15) is 5.82 Å². The Morgan fingerprint density at radius 2 is 2.17 bits per heavy atom. The highest BCUT2D eigenvalue weighted by Crippen LogP contribution is 2.20. The van der Waals surface area contributed by atoms with E-state index in [4.69, 9.17) is 11.5 Å². The van der Waals surface area contributed by atoms with Crippen molar-refractivity contribution in [2.45, 2.75) is 18.9 Å². The highest BCUT2D eigenvalue weighted by Gasteiger charge is 2.24. The fourth-order valence-electron chi connectivity index (χ4n) is 2.86. The first-order chi connectivity index (χ1) is 8.67. The van der Waals surface area contributed by atoms with Gasteiger partial charge in [-0.3, -0.25) is 0 Å². The van der Waals surface area contributed by atoms with Crippen LogP contribution in [0.3, 0.4) is 0 Å². The van der Waals surface area contributed by atoms with Gasteiger partial charge < -0.3 is 16.4 Å². The summed E-state index contributed by atoms with van der Waals surface area (Å²) in [5, 5.41) is 0. The van der Waals surface area contributed by atoms with Crippen molar-refractivity contribution in [1.29, 1.82) is 0 Å². The van der Waals surface area contributed by atoms with Crippen molar-refractivity contribution in [2.75, 3.05) is 26.2 Å². The van der Waals surface area contributed by atoms with Gasteiger partial charge in [-0.1, -0.05) is 12.1 Å². The van der Waals surface area contributed by atoms with E-state index < -0.39 is 0 Å². The van der Waals surface area contributed by atoms with Crippen molar-refractivity contribution < 1.29 is 4.39 Å². The van der Waals surface area contributed by atoms with E-state index >= 15 is 0 Å². The van der Waals surface area contributed by atoms with Crippen LogP contribution in [0, 0.1) is 11.7 Å². The zero-order chi connectivity index (χ0) is 13.0. The van der Waals surface area contributed by atoms with Crippen molar-refractivity contribution >= 4 is 0 Å². The predicted octanol–water partition coefficient (Wildman–Crippen LogP) is 0.976. The molecule has 0 bridgehead atoms. The highest BCUT2D eigenvalue weighted by molar-refractivity contribution is 5.17. The molecule has 1 aromatic rings.